The van der Waals surface area contributed by atoms with Gasteiger partial charge >= 0.3 is 5.97 Å². The third kappa shape index (κ3) is 13.9. The zero-order valence-corrected chi connectivity index (χ0v) is 25.4. The summed E-state index contributed by atoms with van der Waals surface area (Å²) in [5.74, 6) is -3.67. The minimum absolute atomic E-state index is 0.0727. The van der Waals surface area contributed by atoms with Crippen molar-refractivity contribution in [2.24, 2.45) is 44.4 Å². The molecule has 0 bridgehead atoms. The van der Waals surface area contributed by atoms with Crippen LogP contribution in [0.5, 0.6) is 0 Å². The second-order valence-corrected chi connectivity index (χ2v) is 10.7. The number of carbonyl (C=O) groups excluding carboxylic acids is 4. The molecule has 1 aliphatic rings. The van der Waals surface area contributed by atoms with Gasteiger partial charge in [0.25, 0.3) is 0 Å². The first-order valence-electron chi connectivity index (χ1n) is 14.8. The molecule has 0 saturated carbocycles. The van der Waals surface area contributed by atoms with E-state index in [4.69, 9.17) is 34.4 Å². The van der Waals surface area contributed by atoms with E-state index in [1.54, 1.807) is 0 Å². The van der Waals surface area contributed by atoms with E-state index in [0.717, 1.165) is 0 Å². The lowest BCUT2D eigenvalue weighted by atomic mass is 10.1. The minimum Gasteiger partial charge on any atom is -0.480 e. The number of aliphatic carboxylic acids is 1. The molecule has 16 N–H and O–H groups in total. The van der Waals surface area contributed by atoms with Crippen molar-refractivity contribution in [3.05, 3.63) is 0 Å². The third-order valence-corrected chi connectivity index (χ3v) is 7.02. The molecule has 1 rings (SSSR count). The Bertz CT molecular complexity index is 1030. The van der Waals surface area contributed by atoms with E-state index < -0.39 is 59.8 Å². The lowest BCUT2D eigenvalue weighted by molar-refractivity contribution is -0.143. The van der Waals surface area contributed by atoms with Gasteiger partial charge in [-0.15, -0.1) is 0 Å². The summed E-state index contributed by atoms with van der Waals surface area (Å²) < 4.78 is 0. The molecule has 18 heteroatoms. The first kappa shape index (κ1) is 37.8. The first-order valence-corrected chi connectivity index (χ1v) is 14.8. The highest BCUT2D eigenvalue weighted by Gasteiger charge is 2.38. The van der Waals surface area contributed by atoms with Gasteiger partial charge in [0.15, 0.2) is 11.9 Å². The van der Waals surface area contributed by atoms with E-state index in [2.05, 4.69) is 25.9 Å². The van der Waals surface area contributed by atoms with Crippen LogP contribution in [-0.2, 0) is 24.0 Å². The Morgan fingerprint density at radius 1 is 0.841 bits per heavy atom. The van der Waals surface area contributed by atoms with Gasteiger partial charge in [0.05, 0.1) is 6.04 Å². The van der Waals surface area contributed by atoms with Crippen LogP contribution in [0.1, 0.15) is 64.7 Å². The number of rotatable bonds is 20. The van der Waals surface area contributed by atoms with Crippen LogP contribution in [0.2, 0.25) is 0 Å². The van der Waals surface area contributed by atoms with Crippen LogP contribution < -0.4 is 50.4 Å². The molecule has 0 unspecified atom stereocenters. The zero-order valence-electron chi connectivity index (χ0n) is 25.4. The van der Waals surface area contributed by atoms with Gasteiger partial charge in [-0.3, -0.25) is 29.2 Å². The number of hydrogen-bond donors (Lipinski definition) is 10. The van der Waals surface area contributed by atoms with Crippen molar-refractivity contribution >= 4 is 41.5 Å². The Hall–Kier alpha value is -4.19. The highest BCUT2D eigenvalue weighted by atomic mass is 16.4. The monoisotopic (exact) mass is 626 g/mol. The summed E-state index contributed by atoms with van der Waals surface area (Å²) in [4.78, 5) is 73.1. The topological polar surface area (TPSA) is 326 Å². The fourth-order valence-electron chi connectivity index (χ4n) is 4.62. The number of nitrogens with two attached hydrogens (primary N) is 6. The number of carbonyl (C=O) groups is 5. The Morgan fingerprint density at radius 3 is 1.98 bits per heavy atom. The number of nitrogens with zero attached hydrogens (tertiary/aromatic N) is 3. The van der Waals surface area contributed by atoms with Crippen LogP contribution in [0.4, 0.5) is 0 Å². The fourth-order valence-corrected chi connectivity index (χ4v) is 4.62. The highest BCUT2D eigenvalue weighted by Crippen LogP contribution is 2.20. The average molecular weight is 627 g/mol. The molecule has 1 saturated heterocycles. The predicted octanol–water partition coefficient (Wildman–Crippen LogP) is -3.90. The van der Waals surface area contributed by atoms with Gasteiger partial charge in [0, 0.05) is 19.6 Å². The largest absolute Gasteiger partial charge is 0.480 e. The summed E-state index contributed by atoms with van der Waals surface area (Å²) in [6.07, 6.45) is 3.41. The maximum Gasteiger partial charge on any atom is 0.326 e. The van der Waals surface area contributed by atoms with E-state index >= 15 is 0 Å². The van der Waals surface area contributed by atoms with Crippen LogP contribution in [0, 0.1) is 0 Å². The molecule has 1 heterocycles. The van der Waals surface area contributed by atoms with Gasteiger partial charge in [-0.1, -0.05) is 0 Å². The lowest BCUT2D eigenvalue weighted by Gasteiger charge is -2.30. The highest BCUT2D eigenvalue weighted by molar-refractivity contribution is 5.95. The average Bonchev–Trinajstić information content (AvgIpc) is 3.45. The van der Waals surface area contributed by atoms with E-state index in [1.165, 1.54) is 11.8 Å². The van der Waals surface area contributed by atoms with Crippen molar-refractivity contribution < 1.29 is 29.1 Å². The van der Waals surface area contributed by atoms with Crippen molar-refractivity contribution in [1.82, 2.24) is 20.9 Å². The molecule has 44 heavy (non-hydrogen) atoms. The maximum atomic E-state index is 13.7. The molecule has 250 valence electrons. The summed E-state index contributed by atoms with van der Waals surface area (Å²) in [6.45, 7) is 2.58. The molecule has 0 aliphatic carbocycles. The predicted molar refractivity (Wildman–Crippen MR) is 165 cm³/mol. The van der Waals surface area contributed by atoms with Crippen LogP contribution >= 0.6 is 0 Å². The quantitative estimate of drug-likeness (QED) is 0.0352. The summed E-state index contributed by atoms with van der Waals surface area (Å²) >= 11 is 0. The number of guanidine groups is 2. The summed E-state index contributed by atoms with van der Waals surface area (Å²) in [5, 5.41) is 17.1. The van der Waals surface area contributed by atoms with Crippen LogP contribution in [0.3, 0.4) is 0 Å². The number of likely N-dealkylation sites (tertiary alicyclic amines) is 1. The normalized spacial score (nSPS) is 17.0. The summed E-state index contributed by atoms with van der Waals surface area (Å²) in [5.41, 5.74) is 32.9. The number of nitrogens with one attached hydrogen (secondary N) is 3. The molecule has 4 amide bonds. The number of carboxylic acids is 1. The van der Waals surface area contributed by atoms with Gasteiger partial charge in [0.2, 0.25) is 23.6 Å². The Morgan fingerprint density at radius 2 is 1.41 bits per heavy atom. The molecule has 1 fully saturated rings. The Kier molecular flexibility index (Phi) is 17.1. The number of carboxylic acid groups (broad SMARTS) is 1. The van der Waals surface area contributed by atoms with E-state index in [1.807, 2.05) is 0 Å². The molecule has 0 aromatic rings. The molecule has 0 spiro atoms. The second kappa shape index (κ2) is 19.9. The Balaban J connectivity index is 2.91. The number of unbranched alkanes of at least 4 members (excludes halogenated alkanes) is 1. The smallest absolute Gasteiger partial charge is 0.326 e. The van der Waals surface area contributed by atoms with Crippen molar-refractivity contribution in [3.63, 3.8) is 0 Å². The molecule has 0 radical (unpaired) electrons. The van der Waals surface area contributed by atoms with Crippen molar-refractivity contribution in [2.45, 2.75) is 94.9 Å². The van der Waals surface area contributed by atoms with Gasteiger partial charge in [-0.05, 0) is 71.3 Å². The molecule has 5 atom stereocenters. The van der Waals surface area contributed by atoms with Crippen LogP contribution in [0.15, 0.2) is 9.98 Å². The fraction of sp³-hybridized carbons (Fsp3) is 0.731. The molecular weight excluding hydrogens is 576 g/mol. The maximum absolute atomic E-state index is 13.7. The van der Waals surface area contributed by atoms with E-state index in [9.17, 15) is 29.1 Å². The third-order valence-electron chi connectivity index (χ3n) is 7.02. The van der Waals surface area contributed by atoms with E-state index in [-0.39, 0.29) is 50.8 Å². The zero-order chi connectivity index (χ0) is 33.2. The van der Waals surface area contributed by atoms with Crippen molar-refractivity contribution in [2.75, 3.05) is 26.2 Å². The van der Waals surface area contributed by atoms with Gasteiger partial charge in [-0.25, -0.2) is 4.79 Å². The van der Waals surface area contributed by atoms with Crippen molar-refractivity contribution in [3.8, 4) is 0 Å². The van der Waals surface area contributed by atoms with Gasteiger partial charge in [-0.2, -0.15) is 0 Å². The van der Waals surface area contributed by atoms with Gasteiger partial charge < -0.3 is 60.4 Å². The molecule has 0 aromatic carbocycles. The summed E-state index contributed by atoms with van der Waals surface area (Å²) in [6, 6.07) is -5.04. The van der Waals surface area contributed by atoms with Crippen LogP contribution in [0.25, 0.3) is 0 Å². The molecule has 1 aliphatic heterocycles. The van der Waals surface area contributed by atoms with Crippen molar-refractivity contribution in [1.29, 1.82) is 0 Å². The Labute approximate surface area is 257 Å². The first-order chi connectivity index (χ1) is 20.8. The molecule has 0 aromatic heterocycles. The standard InChI is InChI=1S/C26H50N12O6/c1-15(20(39)37-18(24(43)44)8-2-3-11-27)35-22(41)19-10-6-14-38(19)23(42)17(9-5-13-34-26(31)32)36-21(40)16(28)7-4-12-33-25(29)30/h15-19H,2-14,27-28H2,1H3,(H,35,41)(H,36,40)(H,37,39)(H,43,44)(H4,29,30,33)(H4,31,32,34)/t15-,16-,17-,18-,19-/m0/s1. The van der Waals surface area contributed by atoms with Crippen LogP contribution in [-0.4, -0.2) is 108 Å². The lowest BCUT2D eigenvalue weighted by Crippen LogP contribution is -2.57. The minimum atomic E-state index is -1.19. The number of amides is 4. The van der Waals surface area contributed by atoms with E-state index in [0.29, 0.717) is 45.1 Å². The molecule has 18 nitrogen and oxygen atoms in total. The summed E-state index contributed by atoms with van der Waals surface area (Å²) in [7, 11) is 0. The van der Waals surface area contributed by atoms with Gasteiger partial charge in [0.1, 0.15) is 24.2 Å². The number of aliphatic imine (C=N–C) groups is 2. The SMILES string of the molecule is C[C@H](NC(=O)[C@@H]1CCCN1C(=O)[C@H](CCCN=C(N)N)NC(=O)[C@@H](N)CCCN=C(N)N)C(=O)N[C@@H](CCCCN)C(=O)O. The molecular formula is C26H50N12O6. The number of hydrogen-bond acceptors (Lipinski definition) is 9. The second-order valence-electron chi connectivity index (χ2n) is 10.7.